The first-order valence-corrected chi connectivity index (χ1v) is 8.23. The predicted octanol–water partition coefficient (Wildman–Crippen LogP) is 3.53. The molecule has 5 nitrogen and oxygen atoms in total. The number of rotatable bonds is 2. The Labute approximate surface area is 139 Å². The van der Waals surface area contributed by atoms with E-state index >= 15 is 0 Å². The molecule has 0 atom stereocenters. The number of hydrogen-bond donors (Lipinski definition) is 1. The molecule has 122 valence electrons. The molecule has 0 radical (unpaired) electrons. The summed E-state index contributed by atoms with van der Waals surface area (Å²) in [5.74, 6) is -0.153. The third-order valence-corrected chi connectivity index (χ3v) is 4.68. The molecule has 4 rings (SSSR count). The summed E-state index contributed by atoms with van der Waals surface area (Å²) in [5.41, 5.74) is 11.6. The summed E-state index contributed by atoms with van der Waals surface area (Å²) in [6.07, 6.45) is 6.08. The van der Waals surface area contributed by atoms with E-state index in [4.69, 9.17) is 10.2 Å². The van der Waals surface area contributed by atoms with Crippen LogP contribution >= 0.6 is 0 Å². The number of nitrogens with two attached hydrogens (primary N) is 1. The maximum Gasteiger partial charge on any atom is 0.250 e. The van der Waals surface area contributed by atoms with Gasteiger partial charge in [0, 0.05) is 11.6 Å². The van der Waals surface area contributed by atoms with Gasteiger partial charge in [0.1, 0.15) is 11.3 Å². The van der Waals surface area contributed by atoms with Crippen LogP contribution in [0.25, 0.3) is 11.0 Å². The fraction of sp³-hybridized carbons (Fsp3) is 0.316. The molecule has 1 aliphatic rings. The maximum absolute atomic E-state index is 12.8. The lowest BCUT2D eigenvalue weighted by molar-refractivity contribution is 0.101. The molecule has 3 aromatic rings. The fourth-order valence-corrected chi connectivity index (χ4v) is 3.44. The van der Waals surface area contributed by atoms with Gasteiger partial charge in [-0.05, 0) is 62.8 Å². The first-order chi connectivity index (χ1) is 11.5. The number of furan rings is 1. The Morgan fingerprint density at radius 1 is 1.17 bits per heavy atom. The molecule has 2 N–H and O–H groups in total. The molecule has 0 spiro atoms. The van der Waals surface area contributed by atoms with Crippen LogP contribution in [0.3, 0.4) is 0 Å². The van der Waals surface area contributed by atoms with Crippen molar-refractivity contribution in [1.29, 1.82) is 0 Å². The normalized spacial score (nSPS) is 13.9. The third kappa shape index (κ3) is 2.28. The van der Waals surface area contributed by atoms with Crippen molar-refractivity contribution in [3.05, 3.63) is 52.3 Å². The molecular weight excluding hydrogens is 302 g/mol. The zero-order valence-electron chi connectivity index (χ0n) is 13.8. The van der Waals surface area contributed by atoms with Gasteiger partial charge >= 0.3 is 0 Å². The van der Waals surface area contributed by atoms with E-state index in [-0.39, 0.29) is 17.2 Å². The molecular formula is C19H19N3O2. The molecule has 5 heteroatoms. The maximum atomic E-state index is 12.8. The van der Waals surface area contributed by atoms with E-state index in [1.165, 1.54) is 24.0 Å². The molecule has 2 aromatic heterocycles. The van der Waals surface area contributed by atoms with E-state index in [0.29, 0.717) is 17.0 Å². The highest BCUT2D eigenvalue weighted by Crippen LogP contribution is 2.34. The Kier molecular flexibility index (Phi) is 3.37. The highest BCUT2D eigenvalue weighted by Gasteiger charge is 2.24. The molecule has 0 bridgehead atoms. The molecule has 0 saturated heterocycles. The lowest BCUT2D eigenvalue weighted by Crippen LogP contribution is -2.09. The molecule has 0 unspecified atom stereocenters. The van der Waals surface area contributed by atoms with Crippen LogP contribution in [0.2, 0.25) is 0 Å². The van der Waals surface area contributed by atoms with Crippen molar-refractivity contribution in [3.63, 3.8) is 0 Å². The van der Waals surface area contributed by atoms with Crippen molar-refractivity contribution in [3.8, 4) is 0 Å². The Hall–Kier alpha value is -2.69. The number of fused-ring (bicyclic) bond motifs is 2. The van der Waals surface area contributed by atoms with Crippen molar-refractivity contribution < 1.29 is 9.21 Å². The van der Waals surface area contributed by atoms with Crippen LogP contribution in [-0.2, 0) is 12.8 Å². The summed E-state index contributed by atoms with van der Waals surface area (Å²) < 4.78 is 5.82. The van der Waals surface area contributed by atoms with E-state index in [9.17, 15) is 4.79 Å². The number of aromatic nitrogens is 2. The Balaban J connectivity index is 1.84. The predicted molar refractivity (Wildman–Crippen MR) is 92.2 cm³/mol. The average Bonchev–Trinajstić information content (AvgIpc) is 2.88. The summed E-state index contributed by atoms with van der Waals surface area (Å²) in [4.78, 5) is 21.3. The van der Waals surface area contributed by atoms with Gasteiger partial charge in [0.2, 0.25) is 5.76 Å². The number of hydrogen-bond acceptors (Lipinski definition) is 5. The molecule has 1 aliphatic carbocycles. The molecule has 0 fully saturated rings. The minimum absolute atomic E-state index is 0.161. The van der Waals surface area contributed by atoms with Gasteiger partial charge in [-0.3, -0.25) is 9.78 Å². The topological polar surface area (TPSA) is 82.0 Å². The average molecular weight is 321 g/mol. The van der Waals surface area contributed by atoms with Crippen LogP contribution in [0.15, 0.2) is 22.7 Å². The molecule has 0 saturated carbocycles. The summed E-state index contributed by atoms with van der Waals surface area (Å²) >= 11 is 0. The van der Waals surface area contributed by atoms with Crippen LogP contribution in [0.1, 0.15) is 51.6 Å². The quantitative estimate of drug-likeness (QED) is 0.730. The Bertz CT molecular complexity index is 972. The zero-order chi connectivity index (χ0) is 16.8. The molecule has 0 amide bonds. The van der Waals surface area contributed by atoms with Crippen molar-refractivity contribution in [2.24, 2.45) is 0 Å². The zero-order valence-corrected chi connectivity index (χ0v) is 13.8. The monoisotopic (exact) mass is 321 g/mol. The first kappa shape index (κ1) is 14.9. The van der Waals surface area contributed by atoms with Gasteiger partial charge in [0.25, 0.3) is 5.78 Å². The number of nitrogens with zero attached hydrogens (tertiary/aromatic N) is 2. The molecule has 0 aliphatic heterocycles. The summed E-state index contributed by atoms with van der Waals surface area (Å²) in [6.45, 7) is 3.61. The van der Waals surface area contributed by atoms with Crippen molar-refractivity contribution in [1.82, 2.24) is 9.97 Å². The van der Waals surface area contributed by atoms with Crippen LogP contribution in [0.4, 0.5) is 5.69 Å². The highest BCUT2D eigenvalue weighted by atomic mass is 16.3. The summed E-state index contributed by atoms with van der Waals surface area (Å²) in [7, 11) is 0. The van der Waals surface area contributed by atoms with Gasteiger partial charge in [-0.1, -0.05) is 0 Å². The first-order valence-electron chi connectivity index (χ1n) is 8.23. The number of ketones is 1. The van der Waals surface area contributed by atoms with E-state index in [1.807, 2.05) is 13.0 Å². The third-order valence-electron chi connectivity index (χ3n) is 4.68. The smallest absolute Gasteiger partial charge is 0.250 e. The van der Waals surface area contributed by atoms with E-state index in [2.05, 4.69) is 16.0 Å². The Morgan fingerprint density at radius 3 is 2.58 bits per heavy atom. The molecule has 24 heavy (non-hydrogen) atoms. The number of aryl methyl sites for hydroxylation is 4. The van der Waals surface area contributed by atoms with Crippen LogP contribution in [-0.4, -0.2) is 15.8 Å². The number of nitrogen functional groups attached to an aromatic ring is 1. The van der Waals surface area contributed by atoms with Gasteiger partial charge in [-0.25, -0.2) is 4.98 Å². The van der Waals surface area contributed by atoms with Gasteiger partial charge in [0.15, 0.2) is 0 Å². The van der Waals surface area contributed by atoms with Crippen molar-refractivity contribution >= 4 is 22.4 Å². The van der Waals surface area contributed by atoms with Crippen LogP contribution in [0, 0.1) is 13.8 Å². The fourth-order valence-electron chi connectivity index (χ4n) is 3.44. The highest BCUT2D eigenvalue weighted by molar-refractivity contribution is 6.14. The van der Waals surface area contributed by atoms with Gasteiger partial charge in [0.05, 0.1) is 17.1 Å². The second-order valence-electron chi connectivity index (χ2n) is 6.44. The van der Waals surface area contributed by atoms with Crippen LogP contribution in [0.5, 0.6) is 0 Å². The van der Waals surface area contributed by atoms with Gasteiger partial charge in [-0.2, -0.15) is 0 Å². The van der Waals surface area contributed by atoms with E-state index in [1.54, 1.807) is 13.1 Å². The van der Waals surface area contributed by atoms with E-state index < -0.39 is 0 Å². The van der Waals surface area contributed by atoms with Gasteiger partial charge in [-0.15, -0.1) is 0 Å². The number of benzene rings is 1. The standard InChI is InChI=1S/C19H19N3O2/c1-10-9-21-17(11(2)22-10)18(23)19-16(20)14-7-12-5-3-4-6-13(12)8-15(14)24-19/h7-9H,3-6,20H2,1-2H3. The second-order valence-corrected chi connectivity index (χ2v) is 6.44. The Morgan fingerprint density at radius 2 is 1.88 bits per heavy atom. The van der Waals surface area contributed by atoms with Crippen molar-refractivity contribution in [2.45, 2.75) is 39.5 Å². The SMILES string of the molecule is Cc1cnc(C(=O)c2oc3cc4c(cc3c2N)CCCC4)c(C)n1. The minimum atomic E-state index is -0.313. The number of carbonyl (C=O) groups is 1. The summed E-state index contributed by atoms with van der Waals surface area (Å²) in [5, 5.41) is 0.816. The number of anilines is 1. The van der Waals surface area contributed by atoms with Gasteiger partial charge < -0.3 is 10.2 Å². The number of carbonyl (C=O) groups excluding carboxylic acids is 1. The van der Waals surface area contributed by atoms with Crippen molar-refractivity contribution in [2.75, 3.05) is 5.73 Å². The molecule has 2 heterocycles. The lowest BCUT2D eigenvalue weighted by Gasteiger charge is -2.14. The summed E-state index contributed by atoms with van der Waals surface area (Å²) in [6, 6.07) is 4.11. The van der Waals surface area contributed by atoms with Crippen LogP contribution < -0.4 is 5.73 Å². The van der Waals surface area contributed by atoms with E-state index in [0.717, 1.165) is 23.9 Å². The second kappa shape index (κ2) is 5.44. The largest absolute Gasteiger partial charge is 0.450 e. The molecule has 1 aromatic carbocycles. The lowest BCUT2D eigenvalue weighted by atomic mass is 9.90. The minimum Gasteiger partial charge on any atom is -0.450 e.